The van der Waals surface area contributed by atoms with Gasteiger partial charge in [0, 0.05) is 4.92 Å². The van der Waals surface area contributed by atoms with Crippen LogP contribution in [0.3, 0.4) is 0 Å². The Morgan fingerprint density at radius 1 is 1.00 bits per heavy atom. The summed E-state index contributed by atoms with van der Waals surface area (Å²) in [7, 11) is 0. The molecule has 0 heterocycles. The normalized spacial score (nSPS) is 11.8. The lowest BCUT2D eigenvalue weighted by Crippen LogP contribution is -2.31. The number of benzene rings is 2. The van der Waals surface area contributed by atoms with Crippen molar-refractivity contribution in [2.24, 2.45) is 5.92 Å². The van der Waals surface area contributed by atoms with Crippen molar-refractivity contribution in [2.45, 2.75) is 26.4 Å². The minimum absolute atomic E-state index is 0.367. The van der Waals surface area contributed by atoms with E-state index in [0.29, 0.717) is 17.9 Å². The fraction of sp³-hybridized carbons (Fsp3) is 0.300. The Hall–Kier alpha value is -3.02. The Labute approximate surface area is 151 Å². The van der Waals surface area contributed by atoms with E-state index in [9.17, 15) is 19.7 Å². The number of rotatable bonds is 9. The van der Waals surface area contributed by atoms with E-state index >= 15 is 0 Å². The van der Waals surface area contributed by atoms with Crippen LogP contribution in [0.15, 0.2) is 54.6 Å². The quantitative estimate of drug-likeness (QED) is 0.391. The minimum Gasteiger partial charge on any atom is -0.489 e. The molecule has 6 nitrogen and oxygen atoms in total. The Bertz CT molecular complexity index is 757. The highest BCUT2D eigenvalue weighted by Crippen LogP contribution is 2.28. The Morgan fingerprint density at radius 2 is 1.58 bits per heavy atom. The summed E-state index contributed by atoms with van der Waals surface area (Å²) in [5.74, 6) is -1.93. The fourth-order valence-electron chi connectivity index (χ4n) is 2.97. The van der Waals surface area contributed by atoms with Crippen molar-refractivity contribution in [3.8, 4) is 5.75 Å². The van der Waals surface area contributed by atoms with E-state index in [1.807, 2.05) is 30.3 Å². The van der Waals surface area contributed by atoms with Gasteiger partial charge in [0.15, 0.2) is 0 Å². The van der Waals surface area contributed by atoms with E-state index in [1.165, 1.54) is 13.8 Å². The van der Waals surface area contributed by atoms with E-state index in [1.54, 1.807) is 24.3 Å². The summed E-state index contributed by atoms with van der Waals surface area (Å²) in [5, 5.41) is 11.0. The molecule has 0 N–H and O–H groups in total. The predicted octanol–water partition coefficient (Wildman–Crippen LogP) is 3.42. The average molecular weight is 355 g/mol. The van der Waals surface area contributed by atoms with Crippen LogP contribution < -0.4 is 4.74 Å². The Kier molecular flexibility index (Phi) is 6.60. The molecule has 0 aromatic heterocycles. The van der Waals surface area contributed by atoms with Crippen LogP contribution in [-0.4, -0.2) is 23.0 Å². The smallest absolute Gasteiger partial charge is 0.211 e. The lowest BCUT2D eigenvalue weighted by Gasteiger charge is -2.20. The SMILES string of the molecule is CC(=O)C(C(C)=O)[C@@H](C[N+](=O)[O-])c1ccc(OCc2ccccc2)cc1. The first-order chi connectivity index (χ1) is 12.4. The van der Waals surface area contributed by atoms with Crippen LogP contribution in [-0.2, 0) is 16.2 Å². The Morgan fingerprint density at radius 3 is 2.08 bits per heavy atom. The molecule has 0 spiro atoms. The van der Waals surface area contributed by atoms with Gasteiger partial charge in [-0.05, 0) is 37.1 Å². The number of ether oxygens (including phenoxy) is 1. The topological polar surface area (TPSA) is 86.5 Å². The molecule has 1 atom stereocenters. The molecular weight excluding hydrogens is 334 g/mol. The molecule has 0 unspecified atom stereocenters. The van der Waals surface area contributed by atoms with E-state index in [-0.39, 0.29) is 11.6 Å². The number of ketones is 2. The van der Waals surface area contributed by atoms with Crippen LogP contribution in [0.2, 0.25) is 0 Å². The largest absolute Gasteiger partial charge is 0.489 e. The molecule has 26 heavy (non-hydrogen) atoms. The van der Waals surface area contributed by atoms with Gasteiger partial charge in [-0.2, -0.15) is 0 Å². The summed E-state index contributed by atoms with van der Waals surface area (Å²) in [6.07, 6.45) is 0. The Balaban J connectivity index is 2.17. The van der Waals surface area contributed by atoms with Gasteiger partial charge < -0.3 is 4.74 Å². The molecule has 0 aliphatic heterocycles. The average Bonchev–Trinajstić information content (AvgIpc) is 2.60. The first kappa shape index (κ1) is 19.3. The van der Waals surface area contributed by atoms with Crippen molar-refractivity contribution in [3.63, 3.8) is 0 Å². The van der Waals surface area contributed by atoms with Crippen LogP contribution in [0.1, 0.15) is 30.9 Å². The van der Waals surface area contributed by atoms with Gasteiger partial charge in [0.2, 0.25) is 6.54 Å². The standard InChI is InChI=1S/C20H21NO5/c1-14(22)20(15(2)23)19(12-21(24)25)17-8-10-18(11-9-17)26-13-16-6-4-3-5-7-16/h3-11,19-20H,12-13H2,1-2H3/t19-/m0/s1. The highest BCUT2D eigenvalue weighted by molar-refractivity contribution is 6.01. The van der Waals surface area contributed by atoms with Crippen molar-refractivity contribution in [2.75, 3.05) is 6.54 Å². The molecule has 2 rings (SSSR count). The molecule has 0 aliphatic rings. The number of nitrogens with zero attached hydrogens (tertiary/aromatic N) is 1. The number of carbonyl (C=O) groups excluding carboxylic acids is 2. The second-order valence-electron chi connectivity index (χ2n) is 6.16. The highest BCUT2D eigenvalue weighted by Gasteiger charge is 2.34. The lowest BCUT2D eigenvalue weighted by atomic mass is 9.81. The van der Waals surface area contributed by atoms with Gasteiger partial charge in [0.1, 0.15) is 23.9 Å². The zero-order chi connectivity index (χ0) is 19.1. The van der Waals surface area contributed by atoms with Crippen molar-refractivity contribution >= 4 is 11.6 Å². The lowest BCUT2D eigenvalue weighted by molar-refractivity contribution is -0.484. The maximum atomic E-state index is 11.8. The second-order valence-corrected chi connectivity index (χ2v) is 6.16. The van der Waals surface area contributed by atoms with Gasteiger partial charge in [-0.3, -0.25) is 19.7 Å². The van der Waals surface area contributed by atoms with E-state index in [2.05, 4.69) is 0 Å². The summed E-state index contributed by atoms with van der Waals surface area (Å²) in [6, 6.07) is 16.4. The summed E-state index contributed by atoms with van der Waals surface area (Å²) in [4.78, 5) is 34.2. The monoisotopic (exact) mass is 355 g/mol. The minimum atomic E-state index is -1.02. The first-order valence-corrected chi connectivity index (χ1v) is 8.28. The third-order valence-electron chi connectivity index (χ3n) is 4.18. The van der Waals surface area contributed by atoms with Gasteiger partial charge in [-0.25, -0.2) is 0 Å². The molecule has 0 amide bonds. The first-order valence-electron chi connectivity index (χ1n) is 8.28. The van der Waals surface area contributed by atoms with E-state index in [4.69, 9.17) is 4.74 Å². The molecule has 2 aromatic rings. The zero-order valence-electron chi connectivity index (χ0n) is 14.8. The summed E-state index contributed by atoms with van der Waals surface area (Å²) in [5.41, 5.74) is 1.60. The van der Waals surface area contributed by atoms with Crippen LogP contribution in [0.25, 0.3) is 0 Å². The number of nitro groups is 1. The summed E-state index contributed by atoms with van der Waals surface area (Å²) >= 11 is 0. The third kappa shape index (κ3) is 5.24. The van der Waals surface area contributed by atoms with Gasteiger partial charge in [0.25, 0.3) is 0 Å². The molecule has 2 aromatic carbocycles. The van der Waals surface area contributed by atoms with Crippen molar-refractivity contribution in [3.05, 3.63) is 75.8 Å². The summed E-state index contributed by atoms with van der Waals surface area (Å²) in [6.45, 7) is 2.50. The van der Waals surface area contributed by atoms with Crippen LogP contribution >= 0.6 is 0 Å². The predicted molar refractivity (Wildman–Crippen MR) is 96.7 cm³/mol. The molecular formula is C20H21NO5. The maximum absolute atomic E-state index is 11.8. The molecule has 0 radical (unpaired) electrons. The zero-order valence-corrected chi connectivity index (χ0v) is 14.8. The van der Waals surface area contributed by atoms with Gasteiger partial charge in [0.05, 0.1) is 11.8 Å². The third-order valence-corrected chi connectivity index (χ3v) is 4.18. The molecule has 0 fully saturated rings. The molecule has 0 saturated heterocycles. The molecule has 0 bridgehead atoms. The molecule has 136 valence electrons. The molecule has 6 heteroatoms. The van der Waals surface area contributed by atoms with Crippen LogP contribution in [0.5, 0.6) is 5.75 Å². The maximum Gasteiger partial charge on any atom is 0.211 e. The second kappa shape index (κ2) is 8.89. The highest BCUT2D eigenvalue weighted by atomic mass is 16.6. The van der Waals surface area contributed by atoms with Crippen molar-refractivity contribution in [1.82, 2.24) is 0 Å². The number of hydrogen-bond donors (Lipinski definition) is 0. The summed E-state index contributed by atoms with van der Waals surface area (Å²) < 4.78 is 5.70. The number of carbonyl (C=O) groups is 2. The van der Waals surface area contributed by atoms with E-state index < -0.39 is 23.3 Å². The van der Waals surface area contributed by atoms with Crippen LogP contribution in [0.4, 0.5) is 0 Å². The van der Waals surface area contributed by atoms with Crippen LogP contribution in [0, 0.1) is 16.0 Å². The van der Waals surface area contributed by atoms with Crippen molar-refractivity contribution in [1.29, 1.82) is 0 Å². The number of hydrogen-bond acceptors (Lipinski definition) is 5. The number of Topliss-reactive ketones (excluding diaryl/α,β-unsaturated/α-hetero) is 2. The van der Waals surface area contributed by atoms with Gasteiger partial charge in [-0.1, -0.05) is 42.5 Å². The fourth-order valence-corrected chi connectivity index (χ4v) is 2.97. The molecule has 0 saturated carbocycles. The van der Waals surface area contributed by atoms with Gasteiger partial charge >= 0.3 is 0 Å². The molecule has 0 aliphatic carbocycles. The van der Waals surface area contributed by atoms with Gasteiger partial charge in [-0.15, -0.1) is 0 Å². The van der Waals surface area contributed by atoms with Crippen molar-refractivity contribution < 1.29 is 19.2 Å². The van der Waals surface area contributed by atoms with E-state index in [0.717, 1.165) is 5.56 Å².